The molecule has 0 saturated heterocycles. The first-order valence-corrected chi connectivity index (χ1v) is 43.0. The van der Waals surface area contributed by atoms with Crippen LogP contribution in [0.15, 0.2) is 0 Å². The molecule has 0 rings (SSSR count). The summed E-state index contributed by atoms with van der Waals surface area (Å²) >= 11 is 0. The largest absolute Gasteiger partial charge is 0.424 e. The zero-order chi connectivity index (χ0) is 57.9. The molecule has 482 valence electrons. The van der Waals surface area contributed by atoms with Gasteiger partial charge in [-0.25, -0.2) is 0 Å². The maximum Gasteiger partial charge on any atom is 0.167 e. The molecule has 0 amide bonds. The van der Waals surface area contributed by atoms with Crippen LogP contribution in [-0.2, 0) is 8.85 Å². The second kappa shape index (κ2) is 69.2. The van der Waals surface area contributed by atoms with E-state index in [4.69, 9.17) is 8.85 Å². The number of unbranched alkanes of at least 4 members (excludes halogenated alkanes) is 52. The maximum atomic E-state index is 6.62. The second-order valence-electron chi connectivity index (χ2n) is 26.8. The lowest BCUT2D eigenvalue weighted by Crippen LogP contribution is -2.25. The van der Waals surface area contributed by atoms with E-state index in [1.165, 1.54) is 410 Å². The van der Waals surface area contributed by atoms with Crippen molar-refractivity contribution in [1.29, 1.82) is 0 Å². The summed E-state index contributed by atoms with van der Waals surface area (Å²) in [6.07, 6.45) is 90.0. The molecule has 0 aliphatic rings. The monoisotopic (exact) mass is 1200 g/mol. The van der Waals surface area contributed by atoms with E-state index in [2.05, 4.69) is 63.1 Å². The molecule has 0 radical (unpaired) electrons. The molecule has 0 bridgehead atoms. The lowest BCUT2D eigenvalue weighted by Gasteiger charge is -2.34. The number of hydrogen-bond donors (Lipinski definition) is 0. The third-order valence-electron chi connectivity index (χ3n) is 19.0. The first-order valence-electron chi connectivity index (χ1n) is 38.0. The maximum absolute atomic E-state index is 6.62. The van der Waals surface area contributed by atoms with Gasteiger partial charge in [-0.05, 0) is 62.4 Å². The van der Waals surface area contributed by atoms with Gasteiger partial charge in [0.05, 0.1) is 0 Å². The zero-order valence-corrected chi connectivity index (χ0v) is 61.2. The van der Waals surface area contributed by atoms with Gasteiger partial charge in [0, 0.05) is 24.7 Å². The molecular formula is C74H154O2S2Si2. The highest BCUT2D eigenvalue weighted by Gasteiger charge is 2.32. The Labute approximate surface area is 521 Å². The van der Waals surface area contributed by atoms with E-state index in [1.807, 2.05) is 0 Å². The van der Waals surface area contributed by atoms with Crippen LogP contribution in [0.2, 0.25) is 10.1 Å². The topological polar surface area (TPSA) is 18.5 Å². The van der Waals surface area contributed by atoms with Gasteiger partial charge >= 0.3 is 0 Å². The van der Waals surface area contributed by atoms with Gasteiger partial charge in [-0.15, -0.1) is 0 Å². The molecule has 0 atom stereocenters. The summed E-state index contributed by atoms with van der Waals surface area (Å²) in [5.74, 6) is 2.66. The van der Waals surface area contributed by atoms with Crippen molar-refractivity contribution < 1.29 is 8.85 Å². The molecular weight excluding hydrogens is 1040 g/mol. The SMILES string of the molecule is CCCCCCCCCCCCCCCCC(CCCCCCCCCCCCCCCC)(CCSSCCC(CCCCCCCCCCCCCCCC)(CCCCCCCCCCCCCCCC)[SiH2]OCC)[SiH2]OCC. The zero-order valence-electron chi connectivity index (χ0n) is 56.7. The van der Waals surface area contributed by atoms with Crippen LogP contribution in [0.4, 0.5) is 0 Å². The highest BCUT2D eigenvalue weighted by molar-refractivity contribution is 8.76. The smallest absolute Gasteiger partial charge is 0.167 e. The van der Waals surface area contributed by atoms with Crippen molar-refractivity contribution in [3.05, 3.63) is 0 Å². The quantitative estimate of drug-likeness (QED) is 0.0343. The average molecular weight is 1200 g/mol. The van der Waals surface area contributed by atoms with Gasteiger partial charge in [-0.1, -0.05) is 409 Å². The number of rotatable bonds is 73. The molecule has 6 heteroatoms. The van der Waals surface area contributed by atoms with Crippen LogP contribution in [0.3, 0.4) is 0 Å². The molecule has 0 aromatic heterocycles. The minimum absolute atomic E-state index is 0.505. The summed E-state index contributed by atoms with van der Waals surface area (Å²) < 4.78 is 13.2. The first kappa shape index (κ1) is 81.1. The molecule has 0 spiro atoms. The fourth-order valence-electron chi connectivity index (χ4n) is 13.2. The summed E-state index contributed by atoms with van der Waals surface area (Å²) in [5, 5.41) is 1.01. The summed E-state index contributed by atoms with van der Waals surface area (Å²) in [5.41, 5.74) is 0. The van der Waals surface area contributed by atoms with Crippen molar-refractivity contribution in [2.45, 2.75) is 450 Å². The van der Waals surface area contributed by atoms with Crippen LogP contribution < -0.4 is 0 Å². The predicted octanol–water partition coefficient (Wildman–Crippen LogP) is 27.2. The molecule has 0 aromatic rings. The molecule has 0 heterocycles. The van der Waals surface area contributed by atoms with Gasteiger partial charge in [-0.2, -0.15) is 0 Å². The van der Waals surface area contributed by atoms with Gasteiger partial charge in [0.25, 0.3) is 0 Å². The van der Waals surface area contributed by atoms with E-state index in [0.717, 1.165) is 13.2 Å². The van der Waals surface area contributed by atoms with Crippen molar-refractivity contribution >= 4 is 41.1 Å². The predicted molar refractivity (Wildman–Crippen MR) is 380 cm³/mol. The molecule has 2 nitrogen and oxygen atoms in total. The van der Waals surface area contributed by atoms with E-state index < -0.39 is 19.5 Å². The Morgan fingerprint density at radius 1 is 0.200 bits per heavy atom. The third kappa shape index (κ3) is 59.4. The van der Waals surface area contributed by atoms with Gasteiger partial charge < -0.3 is 8.85 Å². The van der Waals surface area contributed by atoms with Crippen molar-refractivity contribution in [3.63, 3.8) is 0 Å². The summed E-state index contributed by atoms with van der Waals surface area (Å²) in [7, 11) is 3.38. The summed E-state index contributed by atoms with van der Waals surface area (Å²) in [4.78, 5) is 0. The fourth-order valence-corrected chi connectivity index (χ4v) is 19.7. The molecule has 0 unspecified atom stereocenters. The summed E-state index contributed by atoms with van der Waals surface area (Å²) in [6, 6.07) is 0. The molecule has 0 N–H and O–H groups in total. The Bertz CT molecular complexity index is 962. The van der Waals surface area contributed by atoms with E-state index in [9.17, 15) is 0 Å². The molecule has 0 aliphatic heterocycles. The van der Waals surface area contributed by atoms with Crippen LogP contribution in [0.1, 0.15) is 440 Å². The van der Waals surface area contributed by atoms with Gasteiger partial charge in [0.1, 0.15) is 0 Å². The Morgan fingerprint density at radius 3 is 0.500 bits per heavy atom. The van der Waals surface area contributed by atoms with Crippen LogP contribution in [0.5, 0.6) is 0 Å². The van der Waals surface area contributed by atoms with Crippen molar-refractivity contribution in [2.24, 2.45) is 0 Å². The standard InChI is InChI=1S/C74H154O2S2Si2/c1-7-13-17-21-25-29-33-37-41-45-49-53-57-61-65-73(79-75-11-5,66-62-58-54-50-46-42-38-34-30-26-22-18-14-8-2)69-71-77-78-72-70-74(80-76-12-6,67-63-59-55-51-47-43-39-35-31-27-23-19-15-9-3)68-64-60-56-52-48-44-40-36-32-28-24-20-16-10-4/h7-72,79-80H2,1-6H3. The van der Waals surface area contributed by atoms with E-state index in [-0.39, 0.29) is 0 Å². The minimum Gasteiger partial charge on any atom is -0.424 e. The first-order chi connectivity index (χ1) is 39.6. The van der Waals surface area contributed by atoms with E-state index in [0.29, 0.717) is 10.1 Å². The van der Waals surface area contributed by atoms with Crippen molar-refractivity contribution in [2.75, 3.05) is 24.7 Å². The van der Waals surface area contributed by atoms with Crippen molar-refractivity contribution in [1.82, 2.24) is 0 Å². The molecule has 0 saturated carbocycles. The highest BCUT2D eigenvalue weighted by atomic mass is 33.1. The number of hydrogen-bond acceptors (Lipinski definition) is 4. The average Bonchev–Trinajstić information content (AvgIpc) is 3.48. The summed E-state index contributed by atoms with van der Waals surface area (Å²) in [6.45, 7) is 15.7. The van der Waals surface area contributed by atoms with Crippen LogP contribution in [-0.4, -0.2) is 44.2 Å². The highest BCUT2D eigenvalue weighted by Crippen LogP contribution is 2.47. The Balaban J connectivity index is 5.38. The molecule has 0 fully saturated rings. The minimum atomic E-state index is -0.567. The second-order valence-corrected chi connectivity index (χ2v) is 33.9. The van der Waals surface area contributed by atoms with Crippen LogP contribution >= 0.6 is 21.6 Å². The molecule has 0 aliphatic carbocycles. The van der Waals surface area contributed by atoms with E-state index >= 15 is 0 Å². The van der Waals surface area contributed by atoms with Crippen LogP contribution in [0, 0.1) is 0 Å². The Hall–Kier alpha value is 1.05. The Kier molecular flexibility index (Phi) is 70.1. The van der Waals surface area contributed by atoms with Crippen LogP contribution in [0.25, 0.3) is 0 Å². The van der Waals surface area contributed by atoms with Gasteiger partial charge in [-0.3, -0.25) is 0 Å². The van der Waals surface area contributed by atoms with Gasteiger partial charge in [0.2, 0.25) is 0 Å². The lowest BCUT2D eigenvalue weighted by atomic mass is 9.90. The fraction of sp³-hybridized carbons (Fsp3) is 1.00. The third-order valence-corrected chi connectivity index (χ3v) is 26.0. The molecule has 80 heavy (non-hydrogen) atoms. The van der Waals surface area contributed by atoms with E-state index in [1.54, 1.807) is 0 Å². The Morgan fingerprint density at radius 2 is 0.350 bits per heavy atom. The molecule has 0 aromatic carbocycles. The van der Waals surface area contributed by atoms with Crippen molar-refractivity contribution in [3.8, 4) is 0 Å². The van der Waals surface area contributed by atoms with Gasteiger partial charge in [0.15, 0.2) is 19.5 Å². The lowest BCUT2D eigenvalue weighted by molar-refractivity contribution is 0.305. The normalized spacial score (nSPS) is 12.5.